The average molecular weight is 178 g/mol. The van der Waals surface area contributed by atoms with Gasteiger partial charge in [-0.3, -0.25) is 4.79 Å². The Hall–Kier alpha value is -1.31. The van der Waals surface area contributed by atoms with Crippen molar-refractivity contribution in [1.29, 1.82) is 0 Å². The number of Topliss-reactive ketones (excluding diaryl/α,β-unsaturated/α-hetero) is 1. The lowest BCUT2D eigenvalue weighted by Crippen LogP contribution is -2.20. The van der Waals surface area contributed by atoms with Gasteiger partial charge in [-0.05, 0) is 32.9 Å². The second-order valence-corrected chi connectivity index (χ2v) is 3.18. The van der Waals surface area contributed by atoms with Crippen LogP contribution in [0.2, 0.25) is 0 Å². The summed E-state index contributed by atoms with van der Waals surface area (Å²) in [5.74, 6) is 0.786. The summed E-state index contributed by atoms with van der Waals surface area (Å²) in [4.78, 5) is 10.9. The molecule has 0 saturated heterocycles. The largest absolute Gasteiger partial charge is 0.483 e. The Balaban J connectivity index is 2.64. The fraction of sp³-hybridized carbons (Fsp3) is 0.364. The molecule has 1 unspecified atom stereocenters. The van der Waals surface area contributed by atoms with Crippen molar-refractivity contribution in [2.24, 2.45) is 0 Å². The number of aryl methyl sites for hydroxylation is 1. The monoisotopic (exact) mass is 178 g/mol. The van der Waals surface area contributed by atoms with Crippen molar-refractivity contribution >= 4 is 5.78 Å². The lowest BCUT2D eigenvalue weighted by atomic mass is 10.2. The molecule has 0 radical (unpaired) electrons. The molecule has 0 N–H and O–H groups in total. The molecule has 0 aromatic heterocycles. The number of ether oxygens (including phenoxy) is 1. The Bertz CT molecular complexity index is 287. The molecular weight excluding hydrogens is 164 g/mol. The van der Waals surface area contributed by atoms with Gasteiger partial charge in [0.25, 0.3) is 0 Å². The molecule has 1 atom stereocenters. The fourth-order valence-corrected chi connectivity index (χ4v) is 0.904. The van der Waals surface area contributed by atoms with Crippen LogP contribution in [0.25, 0.3) is 0 Å². The number of hydrogen-bond acceptors (Lipinski definition) is 2. The SMILES string of the molecule is CC(=O)C(C)Oc1ccc(C)cc1. The van der Waals surface area contributed by atoms with Gasteiger partial charge in [0, 0.05) is 0 Å². The van der Waals surface area contributed by atoms with Gasteiger partial charge in [0.15, 0.2) is 11.9 Å². The van der Waals surface area contributed by atoms with Crippen LogP contribution < -0.4 is 4.74 Å². The first-order valence-electron chi connectivity index (χ1n) is 4.33. The van der Waals surface area contributed by atoms with Crippen molar-refractivity contribution in [2.75, 3.05) is 0 Å². The van der Waals surface area contributed by atoms with Gasteiger partial charge in [-0.25, -0.2) is 0 Å². The van der Waals surface area contributed by atoms with Crippen LogP contribution in [-0.4, -0.2) is 11.9 Å². The first-order valence-corrected chi connectivity index (χ1v) is 4.33. The van der Waals surface area contributed by atoms with Gasteiger partial charge in [-0.1, -0.05) is 17.7 Å². The van der Waals surface area contributed by atoms with E-state index in [1.807, 2.05) is 31.2 Å². The zero-order valence-electron chi connectivity index (χ0n) is 8.20. The first-order chi connectivity index (χ1) is 6.09. The smallest absolute Gasteiger partial charge is 0.169 e. The molecule has 1 aromatic rings. The van der Waals surface area contributed by atoms with Crippen LogP contribution in [0.4, 0.5) is 0 Å². The summed E-state index contributed by atoms with van der Waals surface area (Å²) in [5.41, 5.74) is 1.18. The van der Waals surface area contributed by atoms with E-state index >= 15 is 0 Å². The minimum Gasteiger partial charge on any atom is -0.483 e. The number of rotatable bonds is 3. The fourth-order valence-electron chi connectivity index (χ4n) is 0.904. The van der Waals surface area contributed by atoms with Crippen molar-refractivity contribution in [3.05, 3.63) is 29.8 Å². The van der Waals surface area contributed by atoms with Gasteiger partial charge < -0.3 is 4.74 Å². The highest BCUT2D eigenvalue weighted by Gasteiger charge is 2.07. The molecule has 0 heterocycles. The van der Waals surface area contributed by atoms with Gasteiger partial charge in [-0.15, -0.1) is 0 Å². The molecule has 0 saturated carbocycles. The highest BCUT2D eigenvalue weighted by atomic mass is 16.5. The molecule has 0 bridgehead atoms. The Kier molecular flexibility index (Phi) is 3.07. The van der Waals surface area contributed by atoms with E-state index in [2.05, 4.69) is 0 Å². The van der Waals surface area contributed by atoms with Crippen LogP contribution in [0.15, 0.2) is 24.3 Å². The number of carbonyl (C=O) groups excluding carboxylic acids is 1. The Morgan fingerprint density at radius 1 is 1.31 bits per heavy atom. The van der Waals surface area contributed by atoms with Gasteiger partial charge in [0.1, 0.15) is 5.75 Å². The van der Waals surface area contributed by atoms with Gasteiger partial charge in [0.05, 0.1) is 0 Å². The third kappa shape index (κ3) is 2.90. The maximum Gasteiger partial charge on any atom is 0.169 e. The van der Waals surface area contributed by atoms with Crippen molar-refractivity contribution in [1.82, 2.24) is 0 Å². The Labute approximate surface area is 78.5 Å². The van der Waals surface area contributed by atoms with E-state index in [0.717, 1.165) is 5.75 Å². The zero-order valence-corrected chi connectivity index (χ0v) is 8.20. The number of hydrogen-bond donors (Lipinski definition) is 0. The molecule has 1 aromatic carbocycles. The van der Waals surface area contributed by atoms with Gasteiger partial charge in [-0.2, -0.15) is 0 Å². The standard InChI is InChI=1S/C11H14O2/c1-8-4-6-11(7-5-8)13-10(3)9(2)12/h4-7,10H,1-3H3. The van der Waals surface area contributed by atoms with E-state index in [1.165, 1.54) is 12.5 Å². The van der Waals surface area contributed by atoms with Crippen molar-refractivity contribution in [2.45, 2.75) is 26.9 Å². The van der Waals surface area contributed by atoms with Crippen LogP contribution in [0.1, 0.15) is 19.4 Å². The number of carbonyl (C=O) groups is 1. The summed E-state index contributed by atoms with van der Waals surface area (Å²) in [6.45, 7) is 5.29. The van der Waals surface area contributed by atoms with Gasteiger partial charge in [0.2, 0.25) is 0 Å². The van der Waals surface area contributed by atoms with Crippen LogP contribution in [0.5, 0.6) is 5.75 Å². The predicted octanol–water partition coefficient (Wildman–Crippen LogP) is 2.35. The number of benzene rings is 1. The van der Waals surface area contributed by atoms with E-state index in [4.69, 9.17) is 4.74 Å². The van der Waals surface area contributed by atoms with Crippen LogP contribution in [0, 0.1) is 6.92 Å². The molecule has 0 aliphatic heterocycles. The zero-order chi connectivity index (χ0) is 9.84. The minimum absolute atomic E-state index is 0.0422. The highest BCUT2D eigenvalue weighted by molar-refractivity contribution is 5.80. The third-order valence-electron chi connectivity index (χ3n) is 1.91. The molecule has 0 spiro atoms. The van der Waals surface area contributed by atoms with Crippen molar-refractivity contribution < 1.29 is 9.53 Å². The average Bonchev–Trinajstić information content (AvgIpc) is 2.08. The summed E-state index contributed by atoms with van der Waals surface area (Å²) in [5, 5.41) is 0. The lowest BCUT2D eigenvalue weighted by molar-refractivity contribution is -0.122. The van der Waals surface area contributed by atoms with Crippen molar-refractivity contribution in [3.63, 3.8) is 0 Å². The summed E-state index contributed by atoms with van der Waals surface area (Å²) in [7, 11) is 0. The van der Waals surface area contributed by atoms with E-state index in [0.29, 0.717) is 0 Å². The molecule has 2 heteroatoms. The first kappa shape index (κ1) is 9.78. The second kappa shape index (κ2) is 4.08. The van der Waals surface area contributed by atoms with E-state index in [-0.39, 0.29) is 11.9 Å². The molecule has 0 amide bonds. The van der Waals surface area contributed by atoms with Crippen molar-refractivity contribution in [3.8, 4) is 5.75 Å². The van der Waals surface area contributed by atoms with Gasteiger partial charge >= 0.3 is 0 Å². The van der Waals surface area contributed by atoms with E-state index < -0.39 is 0 Å². The van der Waals surface area contributed by atoms with E-state index in [9.17, 15) is 4.79 Å². The predicted molar refractivity (Wildman–Crippen MR) is 52.0 cm³/mol. The van der Waals surface area contributed by atoms with E-state index in [1.54, 1.807) is 6.92 Å². The maximum atomic E-state index is 10.9. The minimum atomic E-state index is -0.359. The molecule has 0 fully saturated rings. The van der Waals surface area contributed by atoms with Crippen LogP contribution in [-0.2, 0) is 4.79 Å². The summed E-state index contributed by atoms with van der Waals surface area (Å²) in [6.07, 6.45) is -0.359. The molecule has 1 rings (SSSR count). The number of ketones is 1. The summed E-state index contributed by atoms with van der Waals surface area (Å²) >= 11 is 0. The second-order valence-electron chi connectivity index (χ2n) is 3.18. The molecular formula is C11H14O2. The quantitative estimate of drug-likeness (QED) is 0.710. The molecule has 0 aliphatic carbocycles. The lowest BCUT2D eigenvalue weighted by Gasteiger charge is -2.11. The Morgan fingerprint density at radius 3 is 2.31 bits per heavy atom. The van der Waals surface area contributed by atoms with Crippen LogP contribution >= 0.6 is 0 Å². The summed E-state index contributed by atoms with van der Waals surface area (Å²) < 4.78 is 5.38. The molecule has 13 heavy (non-hydrogen) atoms. The topological polar surface area (TPSA) is 26.3 Å². The van der Waals surface area contributed by atoms with Crippen LogP contribution in [0.3, 0.4) is 0 Å². The molecule has 2 nitrogen and oxygen atoms in total. The highest BCUT2D eigenvalue weighted by Crippen LogP contribution is 2.13. The normalized spacial score (nSPS) is 12.2. The molecule has 70 valence electrons. The summed E-state index contributed by atoms with van der Waals surface area (Å²) in [6, 6.07) is 7.66. The third-order valence-corrected chi connectivity index (χ3v) is 1.91. The maximum absolute atomic E-state index is 10.9. The molecule has 0 aliphatic rings. The Morgan fingerprint density at radius 2 is 1.85 bits per heavy atom.